The van der Waals surface area contributed by atoms with Gasteiger partial charge in [0.2, 0.25) is 0 Å². The lowest BCUT2D eigenvalue weighted by Crippen LogP contribution is -2.13. The Bertz CT molecular complexity index is 485. The van der Waals surface area contributed by atoms with Gasteiger partial charge in [0.05, 0.1) is 0 Å². The molecule has 0 amide bonds. The molecule has 0 fully saturated rings. The fourth-order valence-electron chi connectivity index (χ4n) is 2.54. The molecule has 1 atom stereocenters. The molecule has 0 aliphatic carbocycles. The van der Waals surface area contributed by atoms with Crippen LogP contribution in [-0.4, -0.2) is 9.55 Å². The van der Waals surface area contributed by atoms with Crippen LogP contribution in [0.25, 0.3) is 11.4 Å². The van der Waals surface area contributed by atoms with Gasteiger partial charge in [-0.3, -0.25) is 0 Å². The minimum Gasteiger partial charge on any atom is -0.328 e. The number of hydrogen-bond donors (Lipinski definition) is 0. The third kappa shape index (κ3) is 1.45. The van der Waals surface area contributed by atoms with Crippen LogP contribution in [-0.2, 0) is 6.54 Å². The van der Waals surface area contributed by atoms with Crippen molar-refractivity contribution >= 4 is 0 Å². The zero-order valence-electron chi connectivity index (χ0n) is 9.56. The van der Waals surface area contributed by atoms with E-state index in [-0.39, 0.29) is 0 Å². The van der Waals surface area contributed by atoms with Crippen LogP contribution in [0.3, 0.4) is 0 Å². The van der Waals surface area contributed by atoms with E-state index in [1.807, 2.05) is 12.3 Å². The highest BCUT2D eigenvalue weighted by Gasteiger charge is 2.20. The lowest BCUT2D eigenvalue weighted by atomic mass is 9.98. The van der Waals surface area contributed by atoms with Crippen molar-refractivity contribution < 1.29 is 0 Å². The van der Waals surface area contributed by atoms with Gasteiger partial charge in [0.15, 0.2) is 0 Å². The third-order valence-corrected chi connectivity index (χ3v) is 3.44. The Morgan fingerprint density at radius 2 is 2.06 bits per heavy atom. The summed E-state index contributed by atoms with van der Waals surface area (Å²) in [7, 11) is 0. The van der Waals surface area contributed by atoms with Gasteiger partial charge in [-0.25, -0.2) is 4.98 Å². The lowest BCUT2D eigenvalue weighted by molar-refractivity contribution is 0.478. The molecule has 1 aliphatic heterocycles. The molecule has 82 valence electrons. The summed E-state index contributed by atoms with van der Waals surface area (Å²) in [5.41, 5.74) is 2.62. The zero-order valence-corrected chi connectivity index (χ0v) is 9.56. The Labute approximate surface area is 95.9 Å². The van der Waals surface area contributed by atoms with E-state index < -0.39 is 0 Å². The molecular formula is C14H16N2. The number of rotatable bonds is 1. The molecule has 2 nitrogen and oxygen atoms in total. The number of benzene rings is 1. The summed E-state index contributed by atoms with van der Waals surface area (Å²) in [6, 6.07) is 10.5. The Balaban J connectivity index is 2.10. The van der Waals surface area contributed by atoms with Crippen molar-refractivity contribution in [3.05, 3.63) is 42.2 Å². The van der Waals surface area contributed by atoms with Crippen LogP contribution in [0.5, 0.6) is 0 Å². The van der Waals surface area contributed by atoms with E-state index in [1.54, 1.807) is 0 Å². The SMILES string of the molecule is CC1CCCn2c1cnc2-c1ccccc1. The highest BCUT2D eigenvalue weighted by Crippen LogP contribution is 2.30. The molecule has 2 heteroatoms. The Kier molecular flexibility index (Phi) is 2.28. The van der Waals surface area contributed by atoms with E-state index in [2.05, 4.69) is 40.7 Å². The van der Waals surface area contributed by atoms with Crippen molar-refractivity contribution in [2.75, 3.05) is 0 Å². The topological polar surface area (TPSA) is 17.8 Å². The molecule has 0 bridgehead atoms. The highest BCUT2D eigenvalue weighted by atomic mass is 15.1. The summed E-state index contributed by atoms with van der Waals surface area (Å²) in [5.74, 6) is 1.78. The Morgan fingerprint density at radius 3 is 2.88 bits per heavy atom. The van der Waals surface area contributed by atoms with Crippen LogP contribution in [0, 0.1) is 0 Å². The quantitative estimate of drug-likeness (QED) is 0.708. The van der Waals surface area contributed by atoms with Crippen molar-refractivity contribution in [2.45, 2.75) is 32.2 Å². The molecule has 1 unspecified atom stereocenters. The lowest BCUT2D eigenvalue weighted by Gasteiger charge is -2.22. The van der Waals surface area contributed by atoms with E-state index in [1.165, 1.54) is 24.1 Å². The smallest absolute Gasteiger partial charge is 0.140 e. The third-order valence-electron chi connectivity index (χ3n) is 3.44. The average molecular weight is 212 g/mol. The summed E-state index contributed by atoms with van der Waals surface area (Å²) in [6.45, 7) is 3.41. The molecule has 3 rings (SSSR count). The van der Waals surface area contributed by atoms with Gasteiger partial charge in [0.25, 0.3) is 0 Å². The largest absolute Gasteiger partial charge is 0.328 e. The van der Waals surface area contributed by atoms with Gasteiger partial charge >= 0.3 is 0 Å². The van der Waals surface area contributed by atoms with Crippen LogP contribution in [0.4, 0.5) is 0 Å². The predicted molar refractivity (Wildman–Crippen MR) is 65.3 cm³/mol. The van der Waals surface area contributed by atoms with Crippen LogP contribution in [0.15, 0.2) is 36.5 Å². The molecule has 2 aromatic rings. The van der Waals surface area contributed by atoms with E-state index in [0.717, 1.165) is 12.4 Å². The van der Waals surface area contributed by atoms with E-state index >= 15 is 0 Å². The fourth-order valence-corrected chi connectivity index (χ4v) is 2.54. The van der Waals surface area contributed by atoms with Gasteiger partial charge in [-0.2, -0.15) is 0 Å². The molecule has 16 heavy (non-hydrogen) atoms. The molecule has 0 saturated carbocycles. The van der Waals surface area contributed by atoms with E-state index in [9.17, 15) is 0 Å². The van der Waals surface area contributed by atoms with Crippen molar-refractivity contribution in [3.8, 4) is 11.4 Å². The fraction of sp³-hybridized carbons (Fsp3) is 0.357. The molecule has 0 radical (unpaired) electrons. The molecule has 1 aromatic heterocycles. The number of nitrogens with zero attached hydrogens (tertiary/aromatic N) is 2. The van der Waals surface area contributed by atoms with Gasteiger partial charge in [-0.05, 0) is 18.8 Å². The Morgan fingerprint density at radius 1 is 1.25 bits per heavy atom. The van der Waals surface area contributed by atoms with E-state index in [0.29, 0.717) is 5.92 Å². The zero-order chi connectivity index (χ0) is 11.0. The summed E-state index contributed by atoms with van der Waals surface area (Å²) in [5, 5.41) is 0. The van der Waals surface area contributed by atoms with E-state index in [4.69, 9.17) is 0 Å². The second-order valence-corrected chi connectivity index (χ2v) is 4.57. The molecule has 2 heterocycles. The van der Waals surface area contributed by atoms with Crippen molar-refractivity contribution in [2.24, 2.45) is 0 Å². The monoisotopic (exact) mass is 212 g/mol. The average Bonchev–Trinajstić information content (AvgIpc) is 2.75. The first-order valence-corrected chi connectivity index (χ1v) is 5.97. The maximum absolute atomic E-state index is 4.58. The van der Waals surface area contributed by atoms with Gasteiger partial charge < -0.3 is 4.57 Å². The maximum Gasteiger partial charge on any atom is 0.140 e. The maximum atomic E-state index is 4.58. The first kappa shape index (κ1) is 9.64. The molecule has 0 N–H and O–H groups in total. The van der Waals surface area contributed by atoms with Gasteiger partial charge in [0.1, 0.15) is 5.82 Å². The van der Waals surface area contributed by atoms with Crippen molar-refractivity contribution in [3.63, 3.8) is 0 Å². The number of hydrogen-bond acceptors (Lipinski definition) is 1. The number of imidazole rings is 1. The van der Waals surface area contributed by atoms with Crippen molar-refractivity contribution in [1.82, 2.24) is 9.55 Å². The normalized spacial score (nSPS) is 19.4. The molecule has 0 saturated heterocycles. The Hall–Kier alpha value is -1.57. The highest BCUT2D eigenvalue weighted by molar-refractivity contribution is 5.56. The number of fused-ring (bicyclic) bond motifs is 1. The molecular weight excluding hydrogens is 196 g/mol. The predicted octanol–water partition coefficient (Wildman–Crippen LogP) is 3.45. The summed E-state index contributed by atoms with van der Waals surface area (Å²) < 4.78 is 2.38. The van der Waals surface area contributed by atoms with Crippen LogP contribution in [0.1, 0.15) is 31.4 Å². The van der Waals surface area contributed by atoms with Gasteiger partial charge in [-0.15, -0.1) is 0 Å². The minimum atomic E-state index is 0.652. The van der Waals surface area contributed by atoms with Gasteiger partial charge in [0, 0.05) is 24.0 Å². The molecule has 1 aliphatic rings. The van der Waals surface area contributed by atoms with Crippen molar-refractivity contribution in [1.29, 1.82) is 0 Å². The minimum absolute atomic E-state index is 0.652. The standard InChI is InChI=1S/C14H16N2/c1-11-6-5-9-16-13(11)10-15-14(16)12-7-3-2-4-8-12/h2-4,7-8,10-11H,5-6,9H2,1H3. The van der Waals surface area contributed by atoms with Crippen LogP contribution >= 0.6 is 0 Å². The molecule has 0 spiro atoms. The molecule has 1 aromatic carbocycles. The summed E-state index contributed by atoms with van der Waals surface area (Å²) in [6.07, 6.45) is 4.61. The summed E-state index contributed by atoms with van der Waals surface area (Å²) >= 11 is 0. The number of aromatic nitrogens is 2. The first-order chi connectivity index (χ1) is 7.86. The second kappa shape index (κ2) is 3.78. The van der Waals surface area contributed by atoms with Crippen LogP contribution < -0.4 is 0 Å². The van der Waals surface area contributed by atoms with Gasteiger partial charge in [-0.1, -0.05) is 37.3 Å². The summed E-state index contributed by atoms with van der Waals surface area (Å²) in [4.78, 5) is 4.58. The second-order valence-electron chi connectivity index (χ2n) is 4.57. The first-order valence-electron chi connectivity index (χ1n) is 5.97. The van der Waals surface area contributed by atoms with Crippen LogP contribution in [0.2, 0.25) is 0 Å².